The van der Waals surface area contributed by atoms with E-state index in [1.807, 2.05) is 6.07 Å². The van der Waals surface area contributed by atoms with Gasteiger partial charge in [-0.15, -0.1) is 0 Å². The zero-order valence-electron chi connectivity index (χ0n) is 12.9. The van der Waals surface area contributed by atoms with Crippen molar-refractivity contribution >= 4 is 23.4 Å². The van der Waals surface area contributed by atoms with E-state index >= 15 is 0 Å². The normalized spacial score (nSPS) is 13.5. The summed E-state index contributed by atoms with van der Waals surface area (Å²) in [6, 6.07) is 10.4. The van der Waals surface area contributed by atoms with Gasteiger partial charge in [0.15, 0.2) is 0 Å². The predicted octanol–water partition coefficient (Wildman–Crippen LogP) is 2.44. The van der Waals surface area contributed by atoms with E-state index in [9.17, 15) is 9.59 Å². The number of hydrogen-bond acceptors (Lipinski definition) is 5. The molecular formula is C17H16ClN3O3. The molecule has 0 bridgehead atoms. The number of hydrogen-bond donors (Lipinski definition) is 1. The van der Waals surface area contributed by atoms with Crippen molar-refractivity contribution < 1.29 is 14.4 Å². The molecule has 2 amide bonds. The largest absolute Gasteiger partial charge is 0.297 e. The SMILES string of the molecule is O=C1c2ccccc2C(=O)N1CCCNOCc1ccc(Cl)nc1. The lowest BCUT2D eigenvalue weighted by atomic mass is 10.1. The number of aromatic nitrogens is 1. The number of nitrogens with zero attached hydrogens (tertiary/aromatic N) is 2. The highest BCUT2D eigenvalue weighted by Crippen LogP contribution is 2.22. The van der Waals surface area contributed by atoms with Gasteiger partial charge in [0.05, 0.1) is 17.7 Å². The summed E-state index contributed by atoms with van der Waals surface area (Å²) in [5.74, 6) is -0.465. The van der Waals surface area contributed by atoms with Crippen molar-refractivity contribution in [1.29, 1.82) is 0 Å². The lowest BCUT2D eigenvalue weighted by Crippen LogP contribution is -2.32. The second-order valence-corrected chi connectivity index (χ2v) is 5.72. The monoisotopic (exact) mass is 345 g/mol. The fraction of sp³-hybridized carbons (Fsp3) is 0.235. The number of nitrogens with one attached hydrogen (secondary N) is 1. The molecule has 6 nitrogen and oxygen atoms in total. The smallest absolute Gasteiger partial charge is 0.261 e. The van der Waals surface area contributed by atoms with Gasteiger partial charge in [0, 0.05) is 19.3 Å². The van der Waals surface area contributed by atoms with Crippen LogP contribution in [-0.2, 0) is 11.4 Å². The van der Waals surface area contributed by atoms with Crippen LogP contribution in [0.15, 0.2) is 42.6 Å². The van der Waals surface area contributed by atoms with Gasteiger partial charge in [-0.2, -0.15) is 0 Å². The van der Waals surface area contributed by atoms with Gasteiger partial charge < -0.3 is 0 Å². The number of rotatable bonds is 7. The van der Waals surface area contributed by atoms with Crippen LogP contribution in [0.1, 0.15) is 32.7 Å². The van der Waals surface area contributed by atoms with Crippen LogP contribution in [0.2, 0.25) is 5.15 Å². The van der Waals surface area contributed by atoms with E-state index in [1.54, 1.807) is 36.5 Å². The number of pyridine rings is 1. The first-order chi connectivity index (χ1) is 11.7. The highest BCUT2D eigenvalue weighted by Gasteiger charge is 2.34. The van der Waals surface area contributed by atoms with Gasteiger partial charge >= 0.3 is 0 Å². The maximum atomic E-state index is 12.2. The molecule has 0 atom stereocenters. The molecule has 2 aromatic rings. The van der Waals surface area contributed by atoms with Crippen LogP contribution in [-0.4, -0.2) is 34.8 Å². The first kappa shape index (κ1) is 16.6. The molecule has 0 spiro atoms. The van der Waals surface area contributed by atoms with Crippen LogP contribution in [0.25, 0.3) is 0 Å². The summed E-state index contributed by atoms with van der Waals surface area (Å²) in [6.07, 6.45) is 2.24. The van der Waals surface area contributed by atoms with Crippen molar-refractivity contribution in [1.82, 2.24) is 15.4 Å². The number of halogens is 1. The number of fused-ring (bicyclic) bond motifs is 1. The van der Waals surface area contributed by atoms with Crippen molar-refractivity contribution in [3.63, 3.8) is 0 Å². The molecule has 0 saturated carbocycles. The molecule has 1 N–H and O–H groups in total. The van der Waals surface area contributed by atoms with Crippen molar-refractivity contribution in [3.05, 3.63) is 64.4 Å². The summed E-state index contributed by atoms with van der Waals surface area (Å²) in [4.78, 5) is 34.9. The Kier molecular flexibility index (Phi) is 5.20. The molecule has 0 unspecified atom stereocenters. The number of imide groups is 1. The second-order valence-electron chi connectivity index (χ2n) is 5.33. The highest BCUT2D eigenvalue weighted by molar-refractivity contribution is 6.29. The van der Waals surface area contributed by atoms with E-state index < -0.39 is 0 Å². The quantitative estimate of drug-likeness (QED) is 0.361. The number of carbonyl (C=O) groups is 2. The first-order valence-corrected chi connectivity index (χ1v) is 7.95. The molecule has 2 heterocycles. The van der Waals surface area contributed by atoms with Gasteiger partial charge in [-0.05, 0) is 30.2 Å². The average Bonchev–Trinajstić information content (AvgIpc) is 2.84. The Morgan fingerprint density at radius 1 is 1.08 bits per heavy atom. The second kappa shape index (κ2) is 7.53. The van der Waals surface area contributed by atoms with Gasteiger partial charge in [0.1, 0.15) is 5.15 Å². The van der Waals surface area contributed by atoms with Gasteiger partial charge in [-0.1, -0.05) is 29.8 Å². The predicted molar refractivity (Wildman–Crippen MR) is 88.5 cm³/mol. The molecule has 1 aromatic heterocycles. The summed E-state index contributed by atoms with van der Waals surface area (Å²) in [6.45, 7) is 1.23. The van der Waals surface area contributed by atoms with Gasteiger partial charge in [-0.3, -0.25) is 19.3 Å². The molecule has 1 aromatic carbocycles. The number of hydroxylamine groups is 1. The van der Waals surface area contributed by atoms with Gasteiger partial charge in [-0.25, -0.2) is 10.5 Å². The number of amides is 2. The van der Waals surface area contributed by atoms with Gasteiger partial charge in [0.2, 0.25) is 0 Å². The minimum atomic E-state index is -0.233. The Morgan fingerprint density at radius 3 is 2.42 bits per heavy atom. The average molecular weight is 346 g/mol. The van der Waals surface area contributed by atoms with Crippen molar-refractivity contribution in [3.8, 4) is 0 Å². The summed E-state index contributed by atoms with van der Waals surface area (Å²) in [5, 5.41) is 0.438. The Balaban J connectivity index is 1.39. The fourth-order valence-electron chi connectivity index (χ4n) is 2.45. The highest BCUT2D eigenvalue weighted by atomic mass is 35.5. The summed E-state index contributed by atoms with van der Waals surface area (Å²) in [5.41, 5.74) is 4.66. The lowest BCUT2D eigenvalue weighted by Gasteiger charge is -2.13. The molecule has 0 radical (unpaired) electrons. The molecule has 1 aliphatic rings. The molecule has 0 aliphatic carbocycles. The Morgan fingerprint density at radius 2 is 1.79 bits per heavy atom. The van der Waals surface area contributed by atoms with E-state index in [0.717, 1.165) is 5.56 Å². The topological polar surface area (TPSA) is 71.5 Å². The first-order valence-electron chi connectivity index (χ1n) is 7.57. The van der Waals surface area contributed by atoms with Crippen LogP contribution in [0.5, 0.6) is 0 Å². The molecule has 1 aliphatic heterocycles. The van der Waals surface area contributed by atoms with Crippen LogP contribution >= 0.6 is 11.6 Å². The molecule has 7 heteroatoms. The standard InChI is InChI=1S/C17H16ClN3O3/c18-15-7-6-12(10-19-15)11-24-20-8-3-9-21-16(22)13-4-1-2-5-14(13)17(21)23/h1-2,4-7,10,20H,3,8-9,11H2. The van der Waals surface area contributed by atoms with Crippen LogP contribution in [0.3, 0.4) is 0 Å². The maximum absolute atomic E-state index is 12.2. The van der Waals surface area contributed by atoms with E-state index in [4.69, 9.17) is 16.4 Å². The van der Waals surface area contributed by atoms with E-state index in [-0.39, 0.29) is 11.8 Å². The molecule has 124 valence electrons. The minimum absolute atomic E-state index is 0.233. The van der Waals surface area contributed by atoms with Crippen LogP contribution < -0.4 is 5.48 Å². The number of benzene rings is 1. The fourth-order valence-corrected chi connectivity index (χ4v) is 2.56. The number of carbonyl (C=O) groups excluding carboxylic acids is 2. The minimum Gasteiger partial charge on any atom is -0.297 e. The lowest BCUT2D eigenvalue weighted by molar-refractivity contribution is 0.0257. The van der Waals surface area contributed by atoms with Crippen molar-refractivity contribution in [2.24, 2.45) is 0 Å². The van der Waals surface area contributed by atoms with Crippen LogP contribution in [0.4, 0.5) is 0 Å². The molecule has 0 saturated heterocycles. The third kappa shape index (κ3) is 3.62. The van der Waals surface area contributed by atoms with Gasteiger partial charge in [0.25, 0.3) is 11.8 Å². The van der Waals surface area contributed by atoms with Crippen molar-refractivity contribution in [2.45, 2.75) is 13.0 Å². The zero-order valence-corrected chi connectivity index (χ0v) is 13.6. The maximum Gasteiger partial charge on any atom is 0.261 e. The van der Waals surface area contributed by atoms with Crippen molar-refractivity contribution in [2.75, 3.05) is 13.1 Å². The third-order valence-corrected chi connectivity index (χ3v) is 3.89. The molecular weight excluding hydrogens is 330 g/mol. The molecule has 0 fully saturated rings. The zero-order chi connectivity index (χ0) is 16.9. The summed E-state index contributed by atoms with van der Waals surface area (Å²) in [7, 11) is 0. The van der Waals surface area contributed by atoms with E-state index in [1.165, 1.54) is 4.90 Å². The van der Waals surface area contributed by atoms with Crippen LogP contribution in [0, 0.1) is 0 Å². The van der Waals surface area contributed by atoms with E-state index in [0.29, 0.717) is 42.4 Å². The van der Waals surface area contributed by atoms with E-state index in [2.05, 4.69) is 10.5 Å². The third-order valence-electron chi connectivity index (χ3n) is 3.67. The molecule has 3 rings (SSSR count). The Hall–Kier alpha value is -2.28. The summed E-state index contributed by atoms with van der Waals surface area (Å²) >= 11 is 5.71. The Bertz CT molecular complexity index is 714. The summed E-state index contributed by atoms with van der Waals surface area (Å²) < 4.78 is 0. The molecule has 24 heavy (non-hydrogen) atoms. The Labute approximate surface area is 144 Å².